The van der Waals surface area contributed by atoms with Gasteiger partial charge in [0, 0.05) is 41.0 Å². The number of hydrogen-bond acceptors (Lipinski definition) is 4. The molecule has 2 aliphatic rings. The summed E-state index contributed by atoms with van der Waals surface area (Å²) < 4.78 is 0. The van der Waals surface area contributed by atoms with E-state index in [2.05, 4.69) is 10.6 Å². The fourth-order valence-corrected chi connectivity index (χ4v) is 4.47. The molecule has 1 aromatic rings. The standard InChI is InChI=1S/C16H19Cl2N3O2S/c17-12-4-11(5-13(18)6-12)15(22)20-8-10-3-14(19-7-10)16(23)21-1-2-24-9-21/h4-6,10,14,19H,1-3,7-9H2,(H,20,22)/t10?,14-/m0/s1. The second-order valence-corrected chi connectivity index (χ2v) is 8.02. The van der Waals surface area contributed by atoms with Gasteiger partial charge in [-0.25, -0.2) is 0 Å². The first-order valence-electron chi connectivity index (χ1n) is 7.87. The Morgan fingerprint density at radius 2 is 2.04 bits per heavy atom. The van der Waals surface area contributed by atoms with Gasteiger partial charge in [0.25, 0.3) is 5.91 Å². The van der Waals surface area contributed by atoms with Crippen molar-refractivity contribution in [1.82, 2.24) is 15.5 Å². The van der Waals surface area contributed by atoms with Crippen LogP contribution in [0.4, 0.5) is 0 Å². The predicted molar refractivity (Wildman–Crippen MR) is 97.7 cm³/mol. The Kier molecular flexibility index (Phi) is 5.92. The molecule has 24 heavy (non-hydrogen) atoms. The first kappa shape index (κ1) is 17.9. The topological polar surface area (TPSA) is 61.4 Å². The van der Waals surface area contributed by atoms with Crippen LogP contribution in [0, 0.1) is 5.92 Å². The lowest BCUT2D eigenvalue weighted by Crippen LogP contribution is -2.42. The minimum Gasteiger partial charge on any atom is -0.352 e. The average molecular weight is 388 g/mol. The van der Waals surface area contributed by atoms with Crippen LogP contribution in [0.1, 0.15) is 16.8 Å². The van der Waals surface area contributed by atoms with Crippen LogP contribution >= 0.6 is 35.0 Å². The lowest BCUT2D eigenvalue weighted by Gasteiger charge is -2.19. The maximum Gasteiger partial charge on any atom is 0.251 e. The van der Waals surface area contributed by atoms with Gasteiger partial charge in [-0.05, 0) is 30.5 Å². The Morgan fingerprint density at radius 3 is 2.71 bits per heavy atom. The molecule has 2 heterocycles. The van der Waals surface area contributed by atoms with Crippen molar-refractivity contribution in [3.63, 3.8) is 0 Å². The monoisotopic (exact) mass is 387 g/mol. The number of thioether (sulfide) groups is 1. The molecule has 2 fully saturated rings. The van der Waals surface area contributed by atoms with Gasteiger partial charge in [-0.2, -0.15) is 0 Å². The fraction of sp³-hybridized carbons (Fsp3) is 0.500. The van der Waals surface area contributed by atoms with Gasteiger partial charge in [0.1, 0.15) is 0 Å². The Morgan fingerprint density at radius 1 is 1.29 bits per heavy atom. The van der Waals surface area contributed by atoms with Crippen LogP contribution in [-0.2, 0) is 4.79 Å². The van der Waals surface area contributed by atoms with E-state index in [0.717, 1.165) is 31.1 Å². The summed E-state index contributed by atoms with van der Waals surface area (Å²) in [4.78, 5) is 26.5. The zero-order valence-corrected chi connectivity index (χ0v) is 15.4. The molecule has 2 amide bonds. The molecule has 1 unspecified atom stereocenters. The lowest BCUT2D eigenvalue weighted by atomic mass is 10.0. The summed E-state index contributed by atoms with van der Waals surface area (Å²) in [5.74, 6) is 2.02. The largest absolute Gasteiger partial charge is 0.352 e. The van der Waals surface area contributed by atoms with Gasteiger partial charge in [-0.3, -0.25) is 9.59 Å². The van der Waals surface area contributed by atoms with Crippen LogP contribution in [0.5, 0.6) is 0 Å². The summed E-state index contributed by atoms with van der Waals surface area (Å²) >= 11 is 13.6. The van der Waals surface area contributed by atoms with E-state index in [9.17, 15) is 9.59 Å². The van der Waals surface area contributed by atoms with Crippen molar-refractivity contribution in [2.75, 3.05) is 31.3 Å². The first-order chi connectivity index (χ1) is 11.5. The van der Waals surface area contributed by atoms with Gasteiger partial charge in [0.2, 0.25) is 5.91 Å². The summed E-state index contributed by atoms with van der Waals surface area (Å²) in [7, 11) is 0. The van der Waals surface area contributed by atoms with Gasteiger partial charge < -0.3 is 15.5 Å². The second kappa shape index (κ2) is 7.95. The van der Waals surface area contributed by atoms with E-state index in [4.69, 9.17) is 23.2 Å². The Hall–Kier alpha value is -0.950. The molecule has 130 valence electrons. The molecular weight excluding hydrogens is 369 g/mol. The molecule has 5 nitrogen and oxygen atoms in total. The van der Waals surface area contributed by atoms with Crippen molar-refractivity contribution < 1.29 is 9.59 Å². The van der Waals surface area contributed by atoms with Gasteiger partial charge in [0.05, 0.1) is 11.9 Å². The maximum absolute atomic E-state index is 12.4. The maximum atomic E-state index is 12.4. The highest BCUT2D eigenvalue weighted by atomic mass is 35.5. The van der Waals surface area contributed by atoms with Crippen molar-refractivity contribution in [1.29, 1.82) is 0 Å². The van der Waals surface area contributed by atoms with Crippen LogP contribution in [0.15, 0.2) is 18.2 Å². The zero-order chi connectivity index (χ0) is 17.1. The minimum atomic E-state index is -0.204. The molecular formula is C16H19Cl2N3O2S. The van der Waals surface area contributed by atoms with Gasteiger partial charge >= 0.3 is 0 Å². The van der Waals surface area contributed by atoms with E-state index in [-0.39, 0.29) is 23.8 Å². The Labute approximate surface area is 155 Å². The summed E-state index contributed by atoms with van der Waals surface area (Å²) in [5, 5.41) is 7.04. The van der Waals surface area contributed by atoms with Gasteiger partial charge in [0.15, 0.2) is 0 Å². The highest BCUT2D eigenvalue weighted by Crippen LogP contribution is 2.21. The van der Waals surface area contributed by atoms with E-state index < -0.39 is 0 Å². The lowest BCUT2D eigenvalue weighted by molar-refractivity contribution is -0.131. The number of halogens is 2. The van der Waals surface area contributed by atoms with Gasteiger partial charge in [-0.15, -0.1) is 11.8 Å². The van der Waals surface area contributed by atoms with Crippen LogP contribution in [0.2, 0.25) is 10.0 Å². The number of nitrogens with zero attached hydrogens (tertiary/aromatic N) is 1. The molecule has 0 bridgehead atoms. The molecule has 0 spiro atoms. The third kappa shape index (κ3) is 4.36. The number of carbonyl (C=O) groups excluding carboxylic acids is 2. The summed E-state index contributed by atoms with van der Waals surface area (Å²) in [6.45, 7) is 2.08. The summed E-state index contributed by atoms with van der Waals surface area (Å²) in [6.07, 6.45) is 0.747. The third-order valence-electron chi connectivity index (χ3n) is 4.26. The predicted octanol–water partition coefficient (Wildman–Crippen LogP) is 2.23. The third-order valence-corrected chi connectivity index (χ3v) is 5.66. The number of hydrogen-bond donors (Lipinski definition) is 2. The van der Waals surface area contributed by atoms with Crippen molar-refractivity contribution >= 4 is 46.8 Å². The number of carbonyl (C=O) groups is 2. The Bertz CT molecular complexity index is 617. The van der Waals surface area contributed by atoms with Crippen LogP contribution in [0.25, 0.3) is 0 Å². The molecule has 0 saturated carbocycles. The molecule has 1 aromatic carbocycles. The number of nitrogens with one attached hydrogen (secondary N) is 2. The first-order valence-corrected chi connectivity index (χ1v) is 9.78. The number of benzene rings is 1. The normalized spacial score (nSPS) is 23.5. The molecule has 2 N–H and O–H groups in total. The average Bonchev–Trinajstić information content (AvgIpc) is 3.22. The van der Waals surface area contributed by atoms with Gasteiger partial charge in [-0.1, -0.05) is 23.2 Å². The highest BCUT2D eigenvalue weighted by Gasteiger charge is 2.33. The quantitative estimate of drug-likeness (QED) is 0.831. The SMILES string of the molecule is O=C(NCC1CN[C@H](C(=O)N2CCSC2)C1)c1cc(Cl)cc(Cl)c1. The van der Waals surface area contributed by atoms with Crippen molar-refractivity contribution in [3.05, 3.63) is 33.8 Å². The highest BCUT2D eigenvalue weighted by molar-refractivity contribution is 7.99. The smallest absolute Gasteiger partial charge is 0.251 e. The van der Waals surface area contributed by atoms with Crippen molar-refractivity contribution in [3.8, 4) is 0 Å². The van der Waals surface area contributed by atoms with Crippen molar-refractivity contribution in [2.45, 2.75) is 12.5 Å². The molecule has 3 rings (SSSR count). The summed E-state index contributed by atoms with van der Waals surface area (Å²) in [6, 6.07) is 4.64. The van der Waals surface area contributed by atoms with E-state index in [1.54, 1.807) is 30.0 Å². The molecule has 2 saturated heterocycles. The number of rotatable bonds is 4. The molecule has 2 aliphatic heterocycles. The van der Waals surface area contributed by atoms with Crippen molar-refractivity contribution in [2.24, 2.45) is 5.92 Å². The molecule has 2 atom stereocenters. The molecule has 0 aliphatic carbocycles. The van der Waals surface area contributed by atoms with Crippen LogP contribution < -0.4 is 10.6 Å². The van der Waals surface area contributed by atoms with Crippen LogP contribution in [-0.4, -0.2) is 54.0 Å². The Balaban J connectivity index is 1.49. The fourth-order valence-electron chi connectivity index (χ4n) is 2.98. The van der Waals surface area contributed by atoms with E-state index >= 15 is 0 Å². The minimum absolute atomic E-state index is 0.133. The zero-order valence-electron chi connectivity index (χ0n) is 13.1. The van der Waals surface area contributed by atoms with E-state index in [1.807, 2.05) is 4.90 Å². The number of amides is 2. The van der Waals surface area contributed by atoms with Crippen LogP contribution in [0.3, 0.4) is 0 Å². The second-order valence-electron chi connectivity index (χ2n) is 6.07. The molecule has 0 aromatic heterocycles. The summed E-state index contributed by atoms with van der Waals surface area (Å²) in [5.41, 5.74) is 0.445. The van der Waals surface area contributed by atoms with E-state index in [1.165, 1.54) is 0 Å². The molecule has 8 heteroatoms. The van der Waals surface area contributed by atoms with E-state index in [0.29, 0.717) is 22.2 Å². The molecule has 0 radical (unpaired) electrons.